The van der Waals surface area contributed by atoms with Gasteiger partial charge in [-0.1, -0.05) is 12.8 Å². The van der Waals surface area contributed by atoms with Crippen LogP contribution < -0.4 is 5.32 Å². The van der Waals surface area contributed by atoms with Gasteiger partial charge in [-0.15, -0.1) is 0 Å². The molecule has 0 spiro atoms. The first kappa shape index (κ1) is 13.7. The van der Waals surface area contributed by atoms with Gasteiger partial charge in [0.25, 0.3) is 0 Å². The first-order valence-electron chi connectivity index (χ1n) is 8.56. The highest BCUT2D eigenvalue weighted by atomic mass is 16.2. The molecule has 2 unspecified atom stereocenters. The monoisotopic (exact) mass is 291 g/mol. The van der Waals surface area contributed by atoms with Crippen LogP contribution in [0.4, 0.5) is 0 Å². The van der Waals surface area contributed by atoms with E-state index in [2.05, 4.69) is 10.2 Å². The smallest absolute Gasteiger partial charge is 0.247 e. The molecule has 5 rings (SSSR count). The molecular formula is C16H25N3O2. The highest BCUT2D eigenvalue weighted by Crippen LogP contribution is 2.31. The Kier molecular flexibility index (Phi) is 3.50. The van der Waals surface area contributed by atoms with Gasteiger partial charge in [0, 0.05) is 18.6 Å². The molecule has 0 aromatic heterocycles. The van der Waals surface area contributed by atoms with Gasteiger partial charge >= 0.3 is 0 Å². The van der Waals surface area contributed by atoms with E-state index in [1.165, 1.54) is 25.9 Å². The van der Waals surface area contributed by atoms with Crippen LogP contribution in [0.1, 0.15) is 44.9 Å². The fourth-order valence-electron chi connectivity index (χ4n) is 4.74. The molecule has 4 aliphatic heterocycles. The van der Waals surface area contributed by atoms with E-state index in [4.69, 9.17) is 0 Å². The maximum absolute atomic E-state index is 12.6. The molecule has 5 fully saturated rings. The Morgan fingerprint density at radius 1 is 1.00 bits per heavy atom. The first-order chi connectivity index (χ1) is 10.2. The van der Waals surface area contributed by atoms with Crippen LogP contribution in [-0.2, 0) is 9.59 Å². The zero-order valence-corrected chi connectivity index (χ0v) is 12.6. The Morgan fingerprint density at radius 3 is 2.33 bits per heavy atom. The van der Waals surface area contributed by atoms with Gasteiger partial charge in [-0.05, 0) is 44.7 Å². The van der Waals surface area contributed by atoms with Crippen molar-refractivity contribution in [3.8, 4) is 0 Å². The number of fused-ring (bicyclic) bond motifs is 3. The predicted molar refractivity (Wildman–Crippen MR) is 78.6 cm³/mol. The number of rotatable bonds is 3. The molecule has 4 heterocycles. The van der Waals surface area contributed by atoms with Crippen molar-refractivity contribution in [2.75, 3.05) is 19.6 Å². The summed E-state index contributed by atoms with van der Waals surface area (Å²) in [5.74, 6) is 0.785. The molecule has 1 saturated carbocycles. The molecule has 1 aliphatic carbocycles. The van der Waals surface area contributed by atoms with Crippen LogP contribution in [0.5, 0.6) is 0 Å². The molecule has 2 bridgehead atoms. The summed E-state index contributed by atoms with van der Waals surface area (Å²) in [6.45, 7) is 3.45. The minimum Gasteiger partial charge on any atom is -0.302 e. The number of nitrogens with one attached hydrogen (secondary N) is 1. The summed E-state index contributed by atoms with van der Waals surface area (Å²) < 4.78 is 0. The summed E-state index contributed by atoms with van der Waals surface area (Å²) in [7, 11) is 0. The van der Waals surface area contributed by atoms with Crippen molar-refractivity contribution in [3.05, 3.63) is 0 Å². The quantitative estimate of drug-likeness (QED) is 0.779. The van der Waals surface area contributed by atoms with E-state index in [9.17, 15) is 9.59 Å². The summed E-state index contributed by atoms with van der Waals surface area (Å²) >= 11 is 0. The fourth-order valence-corrected chi connectivity index (χ4v) is 4.74. The standard InChI is InChI=1S/C16H25N3O2/c20-15-9-13(16(21)19(15)12-3-1-2-4-12)17-14-10-18-7-5-11(14)6-8-18/h11-14,17H,1-10H2. The minimum atomic E-state index is -0.261. The molecule has 5 nitrogen and oxygen atoms in total. The Hall–Kier alpha value is -0.940. The van der Waals surface area contributed by atoms with Crippen LogP contribution in [0.15, 0.2) is 0 Å². The summed E-state index contributed by atoms with van der Waals surface area (Å²) in [5, 5.41) is 3.53. The van der Waals surface area contributed by atoms with Crippen LogP contribution in [0.25, 0.3) is 0 Å². The lowest BCUT2D eigenvalue weighted by atomic mass is 9.83. The maximum Gasteiger partial charge on any atom is 0.247 e. The lowest BCUT2D eigenvalue weighted by molar-refractivity contribution is -0.141. The molecule has 0 radical (unpaired) electrons. The van der Waals surface area contributed by atoms with Gasteiger partial charge in [-0.3, -0.25) is 14.5 Å². The Bertz CT molecular complexity index is 439. The van der Waals surface area contributed by atoms with Gasteiger partial charge in [0.1, 0.15) is 0 Å². The van der Waals surface area contributed by atoms with E-state index in [0.717, 1.165) is 32.2 Å². The normalized spacial score (nSPS) is 40.5. The Morgan fingerprint density at radius 2 is 1.71 bits per heavy atom. The molecule has 1 N–H and O–H groups in total. The second kappa shape index (κ2) is 5.36. The molecule has 0 aromatic carbocycles. The van der Waals surface area contributed by atoms with Crippen molar-refractivity contribution in [2.24, 2.45) is 5.92 Å². The molecule has 0 aromatic rings. The van der Waals surface area contributed by atoms with E-state index >= 15 is 0 Å². The second-order valence-corrected chi connectivity index (χ2v) is 7.21. The molecular weight excluding hydrogens is 266 g/mol. The van der Waals surface area contributed by atoms with Crippen molar-refractivity contribution < 1.29 is 9.59 Å². The third kappa shape index (κ3) is 2.40. The second-order valence-electron chi connectivity index (χ2n) is 7.21. The van der Waals surface area contributed by atoms with Gasteiger partial charge in [-0.25, -0.2) is 0 Å². The number of hydrogen-bond donors (Lipinski definition) is 1. The zero-order valence-electron chi connectivity index (χ0n) is 12.6. The largest absolute Gasteiger partial charge is 0.302 e. The fraction of sp³-hybridized carbons (Fsp3) is 0.875. The van der Waals surface area contributed by atoms with Gasteiger partial charge in [0.05, 0.1) is 12.5 Å². The van der Waals surface area contributed by atoms with Crippen LogP contribution in [-0.4, -0.2) is 59.4 Å². The molecule has 2 amide bonds. The summed E-state index contributed by atoms with van der Waals surface area (Å²) in [6.07, 6.45) is 7.16. The predicted octanol–water partition coefficient (Wildman–Crippen LogP) is 0.740. The van der Waals surface area contributed by atoms with E-state index in [1.54, 1.807) is 4.90 Å². The lowest BCUT2D eigenvalue weighted by Gasteiger charge is -2.45. The number of piperidine rings is 3. The van der Waals surface area contributed by atoms with Crippen molar-refractivity contribution in [1.29, 1.82) is 0 Å². The number of hydrogen-bond acceptors (Lipinski definition) is 4. The highest BCUT2D eigenvalue weighted by Gasteiger charge is 2.45. The number of carbonyl (C=O) groups excluding carboxylic acids is 2. The van der Waals surface area contributed by atoms with Crippen LogP contribution >= 0.6 is 0 Å². The van der Waals surface area contributed by atoms with E-state index in [0.29, 0.717) is 18.4 Å². The maximum atomic E-state index is 12.6. The summed E-state index contributed by atoms with van der Waals surface area (Å²) in [5.41, 5.74) is 0. The first-order valence-corrected chi connectivity index (χ1v) is 8.56. The van der Waals surface area contributed by atoms with Gasteiger partial charge < -0.3 is 10.2 Å². The van der Waals surface area contributed by atoms with Crippen molar-refractivity contribution in [3.63, 3.8) is 0 Å². The van der Waals surface area contributed by atoms with Crippen molar-refractivity contribution in [2.45, 2.75) is 63.1 Å². The number of amides is 2. The lowest BCUT2D eigenvalue weighted by Crippen LogP contribution is -2.59. The number of imide groups is 1. The summed E-state index contributed by atoms with van der Waals surface area (Å²) in [6, 6.07) is 0.324. The molecule has 5 aliphatic rings. The van der Waals surface area contributed by atoms with Gasteiger partial charge in [0.15, 0.2) is 0 Å². The van der Waals surface area contributed by atoms with E-state index in [-0.39, 0.29) is 23.9 Å². The Balaban J connectivity index is 1.42. The van der Waals surface area contributed by atoms with E-state index < -0.39 is 0 Å². The average molecular weight is 291 g/mol. The van der Waals surface area contributed by atoms with Gasteiger partial charge in [0.2, 0.25) is 11.8 Å². The zero-order chi connectivity index (χ0) is 14.4. The SMILES string of the molecule is O=C1CC(NC2CN3CCC2CC3)C(=O)N1C1CCCC1. The molecule has 21 heavy (non-hydrogen) atoms. The molecule has 116 valence electrons. The third-order valence-electron chi connectivity index (χ3n) is 5.94. The third-order valence-corrected chi connectivity index (χ3v) is 5.94. The molecule has 4 saturated heterocycles. The minimum absolute atomic E-state index is 0.0448. The van der Waals surface area contributed by atoms with Crippen LogP contribution in [0.3, 0.4) is 0 Å². The number of carbonyl (C=O) groups is 2. The van der Waals surface area contributed by atoms with Gasteiger partial charge in [-0.2, -0.15) is 0 Å². The number of nitrogens with zero attached hydrogens (tertiary/aromatic N) is 2. The van der Waals surface area contributed by atoms with E-state index in [1.807, 2.05) is 0 Å². The van der Waals surface area contributed by atoms with Crippen LogP contribution in [0.2, 0.25) is 0 Å². The molecule has 2 atom stereocenters. The molecule has 5 heteroatoms. The average Bonchev–Trinajstić information content (AvgIpc) is 3.10. The summed E-state index contributed by atoms with van der Waals surface area (Å²) in [4.78, 5) is 28.9. The van der Waals surface area contributed by atoms with Crippen molar-refractivity contribution >= 4 is 11.8 Å². The Labute approximate surface area is 126 Å². The van der Waals surface area contributed by atoms with Crippen LogP contribution in [0, 0.1) is 5.92 Å². The number of likely N-dealkylation sites (tertiary alicyclic amines) is 1. The topological polar surface area (TPSA) is 52.7 Å². The van der Waals surface area contributed by atoms with Crippen molar-refractivity contribution in [1.82, 2.24) is 15.1 Å². The highest BCUT2D eigenvalue weighted by molar-refractivity contribution is 6.05.